The second kappa shape index (κ2) is 5.55. The summed E-state index contributed by atoms with van der Waals surface area (Å²) in [5.74, 6) is 0. The Morgan fingerprint density at radius 3 is 2.33 bits per heavy atom. The lowest BCUT2D eigenvalue weighted by molar-refractivity contribution is -0.138. The molecule has 1 fully saturated rings. The molecule has 0 bridgehead atoms. The van der Waals surface area contributed by atoms with E-state index in [9.17, 15) is 23.1 Å². The van der Waals surface area contributed by atoms with Gasteiger partial charge in [-0.15, -0.1) is 0 Å². The zero-order chi connectivity index (χ0) is 15.7. The molecule has 0 aromatic heterocycles. The summed E-state index contributed by atoms with van der Waals surface area (Å²) in [6.45, 7) is 0.250. The molecule has 2 rings (SSSR count). The molecule has 0 atom stereocenters. The molecule has 0 aliphatic carbocycles. The molecule has 116 valence electrons. The zero-order valence-electron chi connectivity index (χ0n) is 11.2. The van der Waals surface area contributed by atoms with Crippen molar-refractivity contribution < 1.29 is 28.2 Å². The van der Waals surface area contributed by atoms with E-state index in [1.54, 1.807) is 0 Å². The van der Waals surface area contributed by atoms with Crippen LogP contribution in [0.4, 0.5) is 18.0 Å². The van der Waals surface area contributed by atoms with Crippen LogP contribution in [0.1, 0.15) is 24.0 Å². The van der Waals surface area contributed by atoms with E-state index in [-0.39, 0.29) is 37.9 Å². The van der Waals surface area contributed by atoms with Gasteiger partial charge in [-0.1, -0.05) is 18.2 Å². The summed E-state index contributed by atoms with van der Waals surface area (Å²) in [6, 6.07) is 5.15. The normalized spacial score (nSPS) is 18.6. The van der Waals surface area contributed by atoms with E-state index in [1.807, 2.05) is 0 Å². The van der Waals surface area contributed by atoms with E-state index in [1.165, 1.54) is 18.2 Å². The lowest BCUT2D eigenvalue weighted by Crippen LogP contribution is -2.47. The maximum atomic E-state index is 12.9. The first-order valence-corrected chi connectivity index (χ1v) is 6.57. The van der Waals surface area contributed by atoms with Gasteiger partial charge in [-0.05, 0) is 24.5 Å². The Morgan fingerprint density at radius 1 is 1.24 bits per heavy atom. The molecule has 0 spiro atoms. The van der Waals surface area contributed by atoms with Gasteiger partial charge >= 0.3 is 12.3 Å². The first-order valence-electron chi connectivity index (χ1n) is 6.57. The minimum absolute atomic E-state index is 0.0382. The highest BCUT2D eigenvalue weighted by atomic mass is 19.4. The first-order chi connectivity index (χ1) is 9.71. The fraction of sp³-hybridized carbons (Fsp3) is 0.500. The van der Waals surface area contributed by atoms with Crippen molar-refractivity contribution in [1.82, 2.24) is 4.90 Å². The van der Waals surface area contributed by atoms with Crippen LogP contribution < -0.4 is 0 Å². The molecule has 0 saturated carbocycles. The number of rotatable bonds is 2. The Balaban J connectivity index is 2.14. The molecule has 7 heteroatoms. The number of piperidine rings is 1. The van der Waals surface area contributed by atoms with Crippen LogP contribution in [0.15, 0.2) is 24.3 Å². The van der Waals surface area contributed by atoms with E-state index in [2.05, 4.69) is 0 Å². The monoisotopic (exact) mass is 303 g/mol. The SMILES string of the molecule is O=C(O)N1CCC(O)(Cc2ccccc2C(F)(F)F)CC1. The van der Waals surface area contributed by atoms with Crippen LogP contribution in [-0.2, 0) is 12.6 Å². The Hall–Kier alpha value is -1.76. The molecular weight excluding hydrogens is 287 g/mol. The van der Waals surface area contributed by atoms with Crippen LogP contribution in [0.5, 0.6) is 0 Å². The predicted octanol–water partition coefficient (Wildman–Crippen LogP) is 2.75. The third-order valence-corrected chi connectivity index (χ3v) is 3.81. The summed E-state index contributed by atoms with van der Waals surface area (Å²) in [5.41, 5.74) is -2.01. The predicted molar refractivity (Wildman–Crippen MR) is 68.9 cm³/mol. The van der Waals surface area contributed by atoms with Crippen molar-refractivity contribution in [3.05, 3.63) is 35.4 Å². The van der Waals surface area contributed by atoms with Crippen molar-refractivity contribution in [2.24, 2.45) is 0 Å². The smallest absolute Gasteiger partial charge is 0.416 e. The number of likely N-dealkylation sites (tertiary alicyclic amines) is 1. The van der Waals surface area contributed by atoms with Gasteiger partial charge < -0.3 is 15.1 Å². The molecule has 1 amide bonds. The molecule has 1 aromatic rings. The molecule has 1 aromatic carbocycles. The van der Waals surface area contributed by atoms with Crippen LogP contribution in [0.3, 0.4) is 0 Å². The molecule has 1 aliphatic rings. The summed E-state index contributed by atoms with van der Waals surface area (Å²) in [6.07, 6.45) is -5.41. The topological polar surface area (TPSA) is 60.8 Å². The van der Waals surface area contributed by atoms with Crippen molar-refractivity contribution >= 4 is 6.09 Å². The fourth-order valence-corrected chi connectivity index (χ4v) is 2.60. The molecule has 0 unspecified atom stereocenters. The lowest BCUT2D eigenvalue weighted by Gasteiger charge is -2.37. The zero-order valence-corrected chi connectivity index (χ0v) is 11.2. The van der Waals surface area contributed by atoms with Gasteiger partial charge in [0.15, 0.2) is 0 Å². The van der Waals surface area contributed by atoms with Crippen LogP contribution in [0, 0.1) is 0 Å². The van der Waals surface area contributed by atoms with Gasteiger partial charge in [0.2, 0.25) is 0 Å². The van der Waals surface area contributed by atoms with Crippen LogP contribution in [-0.4, -0.2) is 39.9 Å². The van der Waals surface area contributed by atoms with Crippen molar-refractivity contribution in [3.8, 4) is 0 Å². The summed E-state index contributed by atoms with van der Waals surface area (Å²) in [5, 5.41) is 19.3. The van der Waals surface area contributed by atoms with Crippen LogP contribution in [0.25, 0.3) is 0 Å². The van der Waals surface area contributed by atoms with E-state index < -0.39 is 23.4 Å². The average Bonchev–Trinajstić information content (AvgIpc) is 2.38. The standard InChI is InChI=1S/C14H16F3NO3/c15-14(16,17)11-4-2-1-3-10(11)9-13(21)5-7-18(8-6-13)12(19)20/h1-4,21H,5-9H2,(H,19,20). The van der Waals surface area contributed by atoms with Crippen molar-refractivity contribution in [1.29, 1.82) is 0 Å². The third kappa shape index (κ3) is 3.66. The Morgan fingerprint density at radius 2 is 1.81 bits per heavy atom. The largest absolute Gasteiger partial charge is 0.465 e. The molecule has 1 heterocycles. The highest BCUT2D eigenvalue weighted by Crippen LogP contribution is 2.35. The van der Waals surface area contributed by atoms with Crippen molar-refractivity contribution in [2.75, 3.05) is 13.1 Å². The minimum atomic E-state index is -4.46. The molecular formula is C14H16F3NO3. The van der Waals surface area contributed by atoms with E-state index >= 15 is 0 Å². The number of carboxylic acid groups (broad SMARTS) is 1. The summed E-state index contributed by atoms with van der Waals surface area (Å²) < 4.78 is 38.8. The van der Waals surface area contributed by atoms with E-state index in [0.29, 0.717) is 0 Å². The van der Waals surface area contributed by atoms with Crippen molar-refractivity contribution in [2.45, 2.75) is 31.0 Å². The quantitative estimate of drug-likeness (QED) is 0.883. The number of carbonyl (C=O) groups is 1. The molecule has 21 heavy (non-hydrogen) atoms. The van der Waals surface area contributed by atoms with Gasteiger partial charge in [0.05, 0.1) is 11.2 Å². The molecule has 4 nitrogen and oxygen atoms in total. The second-order valence-corrected chi connectivity index (χ2v) is 5.33. The number of hydrogen-bond donors (Lipinski definition) is 2. The number of aliphatic hydroxyl groups is 1. The van der Waals surface area contributed by atoms with Gasteiger partial charge in [-0.3, -0.25) is 0 Å². The first kappa shape index (κ1) is 15.6. The Kier molecular flexibility index (Phi) is 4.13. The number of halogens is 3. The molecule has 2 N–H and O–H groups in total. The highest BCUT2D eigenvalue weighted by Gasteiger charge is 2.38. The number of benzene rings is 1. The van der Waals surface area contributed by atoms with Crippen LogP contribution in [0.2, 0.25) is 0 Å². The maximum absolute atomic E-state index is 12.9. The summed E-state index contributed by atoms with van der Waals surface area (Å²) in [7, 11) is 0. The number of amides is 1. The number of nitrogens with zero attached hydrogens (tertiary/aromatic N) is 1. The minimum Gasteiger partial charge on any atom is -0.465 e. The Labute approximate surface area is 119 Å². The number of hydrogen-bond acceptors (Lipinski definition) is 2. The van der Waals surface area contributed by atoms with Gasteiger partial charge in [0.1, 0.15) is 0 Å². The van der Waals surface area contributed by atoms with Gasteiger partial charge in [-0.2, -0.15) is 13.2 Å². The highest BCUT2D eigenvalue weighted by molar-refractivity contribution is 5.65. The fourth-order valence-electron chi connectivity index (χ4n) is 2.60. The average molecular weight is 303 g/mol. The molecule has 1 saturated heterocycles. The number of alkyl halides is 3. The Bertz CT molecular complexity index is 522. The van der Waals surface area contributed by atoms with E-state index in [4.69, 9.17) is 5.11 Å². The third-order valence-electron chi connectivity index (χ3n) is 3.81. The lowest BCUT2D eigenvalue weighted by atomic mass is 9.84. The van der Waals surface area contributed by atoms with Gasteiger partial charge in [-0.25, -0.2) is 4.79 Å². The van der Waals surface area contributed by atoms with Crippen LogP contribution >= 0.6 is 0 Å². The second-order valence-electron chi connectivity index (χ2n) is 5.33. The van der Waals surface area contributed by atoms with Gasteiger partial charge in [0, 0.05) is 19.5 Å². The summed E-state index contributed by atoms with van der Waals surface area (Å²) in [4.78, 5) is 12.0. The summed E-state index contributed by atoms with van der Waals surface area (Å²) >= 11 is 0. The molecule has 1 aliphatic heterocycles. The maximum Gasteiger partial charge on any atom is 0.416 e. The van der Waals surface area contributed by atoms with Crippen molar-refractivity contribution in [3.63, 3.8) is 0 Å². The van der Waals surface area contributed by atoms with E-state index in [0.717, 1.165) is 11.0 Å². The van der Waals surface area contributed by atoms with Gasteiger partial charge in [0.25, 0.3) is 0 Å². The molecule has 0 radical (unpaired) electrons.